The van der Waals surface area contributed by atoms with E-state index < -0.39 is 0 Å². The van der Waals surface area contributed by atoms with Crippen LogP contribution in [-0.2, 0) is 23.1 Å². The van der Waals surface area contributed by atoms with Gasteiger partial charge >= 0.3 is 0 Å². The quantitative estimate of drug-likeness (QED) is 0.754. The summed E-state index contributed by atoms with van der Waals surface area (Å²) in [5.41, 5.74) is 3.22. The van der Waals surface area contributed by atoms with Crippen molar-refractivity contribution in [3.05, 3.63) is 17.0 Å². The Morgan fingerprint density at radius 2 is 1.78 bits per heavy atom. The number of carbonyl (C=O) groups is 2. The van der Waals surface area contributed by atoms with Gasteiger partial charge in [-0.3, -0.25) is 19.2 Å². The molecule has 2 amide bonds. The molecule has 0 bridgehead atoms. The number of likely N-dealkylation sites (tertiary alicyclic amines) is 1. The normalized spacial score (nSPS) is 16.5. The Hall–Kier alpha value is -1.65. The fraction of sp³-hybridized carbons (Fsp3) is 0.615. The van der Waals surface area contributed by atoms with Crippen LogP contribution in [0.15, 0.2) is 0 Å². The van der Waals surface area contributed by atoms with E-state index in [0.717, 1.165) is 17.0 Å². The highest BCUT2D eigenvalue weighted by Crippen LogP contribution is 2.16. The fourth-order valence-corrected chi connectivity index (χ4v) is 2.45. The molecule has 5 heteroatoms. The number of aromatic nitrogens is 2. The van der Waals surface area contributed by atoms with Crippen molar-refractivity contribution in [2.75, 3.05) is 6.54 Å². The van der Waals surface area contributed by atoms with Gasteiger partial charge in [-0.15, -0.1) is 0 Å². The zero-order valence-electron chi connectivity index (χ0n) is 11.2. The van der Waals surface area contributed by atoms with Crippen LogP contribution in [-0.4, -0.2) is 33.0 Å². The molecule has 1 saturated heterocycles. The van der Waals surface area contributed by atoms with Crippen molar-refractivity contribution in [3.63, 3.8) is 0 Å². The molecular formula is C13H19N3O2. The number of rotatable bonds is 3. The predicted octanol–water partition coefficient (Wildman–Crippen LogP) is 1.12. The second-order valence-corrected chi connectivity index (χ2v) is 4.82. The molecule has 2 heterocycles. The molecular weight excluding hydrogens is 230 g/mol. The minimum absolute atomic E-state index is 0.0366. The molecule has 1 aliphatic heterocycles. The maximum Gasteiger partial charge on any atom is 0.229 e. The van der Waals surface area contributed by atoms with Gasteiger partial charge < -0.3 is 0 Å². The lowest BCUT2D eigenvalue weighted by atomic mass is 10.1. The maximum absolute atomic E-state index is 11.7. The maximum atomic E-state index is 11.7. The number of hydrogen-bond donors (Lipinski definition) is 0. The van der Waals surface area contributed by atoms with Crippen LogP contribution in [0.3, 0.4) is 0 Å². The summed E-state index contributed by atoms with van der Waals surface area (Å²) >= 11 is 0. The Labute approximate surface area is 107 Å². The highest BCUT2D eigenvalue weighted by atomic mass is 16.2. The third-order valence-corrected chi connectivity index (χ3v) is 3.63. The zero-order chi connectivity index (χ0) is 13.3. The monoisotopic (exact) mass is 249 g/mol. The Balaban J connectivity index is 2.07. The van der Waals surface area contributed by atoms with Gasteiger partial charge in [-0.1, -0.05) is 0 Å². The molecule has 0 aromatic carbocycles. The number of nitrogens with zero attached hydrogens (tertiary/aromatic N) is 3. The van der Waals surface area contributed by atoms with E-state index in [0.29, 0.717) is 32.2 Å². The van der Waals surface area contributed by atoms with Gasteiger partial charge in [-0.2, -0.15) is 5.10 Å². The van der Waals surface area contributed by atoms with Gasteiger partial charge in [-0.25, -0.2) is 0 Å². The van der Waals surface area contributed by atoms with Crippen molar-refractivity contribution < 1.29 is 9.59 Å². The van der Waals surface area contributed by atoms with Gasteiger partial charge in [0.25, 0.3) is 0 Å². The molecule has 0 spiro atoms. The molecule has 1 fully saturated rings. The summed E-state index contributed by atoms with van der Waals surface area (Å²) < 4.78 is 1.84. The first-order chi connectivity index (χ1) is 8.50. The Kier molecular flexibility index (Phi) is 3.50. The van der Waals surface area contributed by atoms with E-state index in [1.54, 1.807) is 0 Å². The highest BCUT2D eigenvalue weighted by molar-refractivity contribution is 5.97. The first-order valence-electron chi connectivity index (χ1n) is 6.33. The van der Waals surface area contributed by atoms with Gasteiger partial charge in [0.05, 0.1) is 5.69 Å². The van der Waals surface area contributed by atoms with E-state index in [2.05, 4.69) is 5.10 Å². The minimum atomic E-state index is -0.0366. The second-order valence-electron chi connectivity index (χ2n) is 4.82. The van der Waals surface area contributed by atoms with Crippen LogP contribution in [0.4, 0.5) is 0 Å². The molecule has 0 N–H and O–H groups in total. The number of amides is 2. The van der Waals surface area contributed by atoms with Gasteiger partial charge in [-0.05, 0) is 32.3 Å². The predicted molar refractivity (Wildman–Crippen MR) is 67.0 cm³/mol. The van der Waals surface area contributed by atoms with Crippen molar-refractivity contribution in [1.29, 1.82) is 0 Å². The Bertz CT molecular complexity index is 475. The molecule has 0 saturated carbocycles. The minimum Gasteiger partial charge on any atom is -0.282 e. The zero-order valence-corrected chi connectivity index (χ0v) is 11.2. The topological polar surface area (TPSA) is 55.2 Å². The van der Waals surface area contributed by atoms with E-state index in [-0.39, 0.29) is 11.8 Å². The average molecular weight is 249 g/mol. The van der Waals surface area contributed by atoms with Crippen molar-refractivity contribution >= 4 is 11.8 Å². The van der Waals surface area contributed by atoms with E-state index in [1.165, 1.54) is 4.90 Å². The average Bonchev–Trinajstić information content (AvgIpc) is 2.54. The molecule has 1 aromatic rings. The van der Waals surface area contributed by atoms with Crippen LogP contribution in [0.5, 0.6) is 0 Å². The highest BCUT2D eigenvalue weighted by Gasteiger charge is 2.25. The molecule has 2 rings (SSSR count). The molecule has 1 aliphatic rings. The summed E-state index contributed by atoms with van der Waals surface area (Å²) in [7, 11) is 1.91. The molecule has 0 aliphatic carbocycles. The first kappa shape index (κ1) is 12.8. The summed E-state index contributed by atoms with van der Waals surface area (Å²) in [5, 5.41) is 4.34. The lowest BCUT2D eigenvalue weighted by Crippen LogP contribution is -2.41. The number of aryl methyl sites for hydroxylation is 2. The third kappa shape index (κ3) is 2.30. The van der Waals surface area contributed by atoms with Crippen molar-refractivity contribution in [2.24, 2.45) is 7.05 Å². The van der Waals surface area contributed by atoms with Crippen LogP contribution in [0.25, 0.3) is 0 Å². The number of imide groups is 1. The van der Waals surface area contributed by atoms with Crippen LogP contribution in [0.2, 0.25) is 0 Å². The van der Waals surface area contributed by atoms with Gasteiger partial charge in [0.2, 0.25) is 11.8 Å². The number of hydrogen-bond acceptors (Lipinski definition) is 3. The van der Waals surface area contributed by atoms with Crippen LogP contribution >= 0.6 is 0 Å². The lowest BCUT2D eigenvalue weighted by molar-refractivity contribution is -0.147. The fourth-order valence-electron chi connectivity index (χ4n) is 2.45. The standard InChI is InChI=1S/C13H19N3O2/c1-9-11(10(2)15(3)14-9)7-8-16-12(17)5-4-6-13(16)18/h4-8H2,1-3H3. The SMILES string of the molecule is Cc1nn(C)c(C)c1CCN1C(=O)CCCC1=O. The van der Waals surface area contributed by atoms with Crippen molar-refractivity contribution in [3.8, 4) is 0 Å². The van der Waals surface area contributed by atoms with Gasteiger partial charge in [0.1, 0.15) is 0 Å². The molecule has 0 unspecified atom stereocenters. The van der Waals surface area contributed by atoms with E-state index in [4.69, 9.17) is 0 Å². The van der Waals surface area contributed by atoms with Crippen LogP contribution < -0.4 is 0 Å². The largest absolute Gasteiger partial charge is 0.282 e. The molecule has 0 radical (unpaired) electrons. The van der Waals surface area contributed by atoms with Crippen LogP contribution in [0, 0.1) is 13.8 Å². The van der Waals surface area contributed by atoms with E-state index >= 15 is 0 Å². The van der Waals surface area contributed by atoms with E-state index in [1.807, 2.05) is 25.6 Å². The lowest BCUT2D eigenvalue weighted by Gasteiger charge is -2.24. The Morgan fingerprint density at radius 1 is 1.17 bits per heavy atom. The summed E-state index contributed by atoms with van der Waals surface area (Å²) in [6.07, 6.45) is 2.38. The summed E-state index contributed by atoms with van der Waals surface area (Å²) in [4.78, 5) is 24.8. The Morgan fingerprint density at radius 3 is 2.28 bits per heavy atom. The molecule has 1 aromatic heterocycles. The summed E-state index contributed by atoms with van der Waals surface area (Å²) in [6.45, 7) is 4.45. The van der Waals surface area contributed by atoms with Gasteiger partial charge in [0, 0.05) is 32.1 Å². The number of carbonyl (C=O) groups excluding carboxylic acids is 2. The van der Waals surface area contributed by atoms with Crippen molar-refractivity contribution in [1.82, 2.24) is 14.7 Å². The third-order valence-electron chi connectivity index (χ3n) is 3.63. The summed E-state index contributed by atoms with van der Waals surface area (Å²) in [5.74, 6) is -0.0732. The smallest absolute Gasteiger partial charge is 0.229 e. The number of piperidine rings is 1. The van der Waals surface area contributed by atoms with Gasteiger partial charge in [0.15, 0.2) is 0 Å². The first-order valence-corrected chi connectivity index (χ1v) is 6.33. The summed E-state index contributed by atoms with van der Waals surface area (Å²) in [6, 6.07) is 0. The molecule has 0 atom stereocenters. The molecule has 5 nitrogen and oxygen atoms in total. The molecule has 18 heavy (non-hydrogen) atoms. The van der Waals surface area contributed by atoms with Crippen LogP contribution in [0.1, 0.15) is 36.2 Å². The second kappa shape index (κ2) is 4.92. The molecule has 98 valence electrons. The van der Waals surface area contributed by atoms with Crippen molar-refractivity contribution in [2.45, 2.75) is 39.5 Å². The van der Waals surface area contributed by atoms with E-state index in [9.17, 15) is 9.59 Å².